The van der Waals surface area contributed by atoms with Crippen LogP contribution in [0.2, 0.25) is 0 Å². The Morgan fingerprint density at radius 2 is 1.69 bits per heavy atom. The second-order valence-corrected chi connectivity index (χ2v) is 8.33. The first-order chi connectivity index (χ1) is 14.0. The Kier molecular flexibility index (Phi) is 5.13. The SMILES string of the molecule is CN(C)C1(c2ccccc2)CCC2(CC1)NC(=O)N(CCc1ccccn1)C2=O. The number of amides is 3. The zero-order valence-corrected chi connectivity index (χ0v) is 17.1. The highest BCUT2D eigenvalue weighted by Gasteiger charge is 2.55. The molecule has 6 heteroatoms. The third kappa shape index (κ3) is 3.42. The van der Waals surface area contributed by atoms with Gasteiger partial charge in [0.25, 0.3) is 5.91 Å². The van der Waals surface area contributed by atoms with E-state index in [4.69, 9.17) is 0 Å². The van der Waals surface area contributed by atoms with Crippen LogP contribution in [-0.4, -0.2) is 52.9 Å². The summed E-state index contributed by atoms with van der Waals surface area (Å²) in [6, 6.07) is 15.9. The number of hydrogen-bond acceptors (Lipinski definition) is 4. The van der Waals surface area contributed by atoms with E-state index in [2.05, 4.69) is 53.6 Å². The van der Waals surface area contributed by atoms with E-state index in [0.29, 0.717) is 25.8 Å². The minimum Gasteiger partial charge on any atom is -0.323 e. The fourth-order valence-corrected chi connectivity index (χ4v) is 4.82. The van der Waals surface area contributed by atoms with E-state index in [0.717, 1.165) is 18.5 Å². The number of nitrogens with zero attached hydrogens (tertiary/aromatic N) is 3. The van der Waals surface area contributed by atoms with Crippen LogP contribution in [0.1, 0.15) is 36.9 Å². The standard InChI is InChI=1S/C23H28N4O2/c1-26(2)23(18-8-4-3-5-9-18)14-12-22(13-15-23)20(28)27(21(29)25-22)17-11-19-10-6-7-16-24-19/h3-10,16H,11-15,17H2,1-2H3,(H,25,29). The summed E-state index contributed by atoms with van der Waals surface area (Å²) in [5, 5.41) is 3.03. The van der Waals surface area contributed by atoms with Gasteiger partial charge in [-0.25, -0.2) is 4.79 Å². The topological polar surface area (TPSA) is 65.5 Å². The summed E-state index contributed by atoms with van der Waals surface area (Å²) < 4.78 is 0. The molecular weight excluding hydrogens is 364 g/mol. The van der Waals surface area contributed by atoms with Gasteiger partial charge in [0.2, 0.25) is 0 Å². The number of nitrogens with one attached hydrogen (secondary N) is 1. The van der Waals surface area contributed by atoms with Gasteiger partial charge in [-0.05, 0) is 57.5 Å². The fraction of sp³-hybridized carbons (Fsp3) is 0.435. The smallest absolute Gasteiger partial charge is 0.323 e. The number of urea groups is 1. The Labute approximate surface area is 171 Å². The van der Waals surface area contributed by atoms with Crippen molar-refractivity contribution < 1.29 is 9.59 Å². The number of carbonyl (C=O) groups excluding carboxylic acids is 2. The van der Waals surface area contributed by atoms with E-state index in [1.54, 1.807) is 6.20 Å². The van der Waals surface area contributed by atoms with Crippen LogP contribution in [0.4, 0.5) is 4.79 Å². The van der Waals surface area contributed by atoms with Crippen LogP contribution in [0, 0.1) is 0 Å². The van der Waals surface area contributed by atoms with Crippen molar-refractivity contribution >= 4 is 11.9 Å². The maximum absolute atomic E-state index is 13.2. The molecule has 0 unspecified atom stereocenters. The van der Waals surface area contributed by atoms with Gasteiger partial charge in [-0.1, -0.05) is 36.4 Å². The molecule has 1 N–H and O–H groups in total. The highest BCUT2D eigenvalue weighted by Crippen LogP contribution is 2.46. The summed E-state index contributed by atoms with van der Waals surface area (Å²) in [4.78, 5) is 33.8. The minimum atomic E-state index is -0.768. The third-order valence-corrected chi connectivity index (χ3v) is 6.66. The van der Waals surface area contributed by atoms with Crippen LogP contribution >= 0.6 is 0 Å². The second kappa shape index (κ2) is 7.59. The number of pyridine rings is 1. The monoisotopic (exact) mass is 392 g/mol. The molecule has 1 saturated carbocycles. The van der Waals surface area contributed by atoms with Gasteiger partial charge in [0.1, 0.15) is 5.54 Å². The first kappa shape index (κ1) is 19.6. The van der Waals surface area contributed by atoms with Gasteiger partial charge in [0.15, 0.2) is 0 Å². The van der Waals surface area contributed by atoms with Gasteiger partial charge in [-0.15, -0.1) is 0 Å². The quantitative estimate of drug-likeness (QED) is 0.795. The predicted octanol–water partition coefficient (Wildman–Crippen LogP) is 2.95. The predicted molar refractivity (Wildman–Crippen MR) is 111 cm³/mol. The number of aromatic nitrogens is 1. The lowest BCUT2D eigenvalue weighted by Crippen LogP contribution is -2.55. The van der Waals surface area contributed by atoms with Crippen LogP contribution in [0.5, 0.6) is 0 Å². The Balaban J connectivity index is 1.49. The number of carbonyl (C=O) groups is 2. The molecule has 3 amide bonds. The highest BCUT2D eigenvalue weighted by molar-refractivity contribution is 6.07. The summed E-state index contributed by atoms with van der Waals surface area (Å²) in [5.74, 6) is -0.0844. The molecule has 6 nitrogen and oxygen atoms in total. The molecule has 1 saturated heterocycles. The fourth-order valence-electron chi connectivity index (χ4n) is 4.82. The minimum absolute atomic E-state index is 0.0844. The van der Waals surface area contributed by atoms with Gasteiger partial charge < -0.3 is 5.32 Å². The van der Waals surface area contributed by atoms with E-state index >= 15 is 0 Å². The maximum atomic E-state index is 13.2. The van der Waals surface area contributed by atoms with E-state index in [1.165, 1.54) is 10.5 Å². The number of benzene rings is 1. The Bertz CT molecular complexity index is 874. The van der Waals surface area contributed by atoms with Gasteiger partial charge in [0.05, 0.1) is 0 Å². The first-order valence-corrected chi connectivity index (χ1v) is 10.2. The van der Waals surface area contributed by atoms with Gasteiger partial charge in [0, 0.05) is 30.4 Å². The summed E-state index contributed by atoms with van der Waals surface area (Å²) >= 11 is 0. The molecule has 0 atom stereocenters. The highest BCUT2D eigenvalue weighted by atomic mass is 16.2. The van der Waals surface area contributed by atoms with Crippen molar-refractivity contribution in [1.82, 2.24) is 20.1 Å². The number of rotatable bonds is 5. The average Bonchev–Trinajstić information content (AvgIpc) is 2.97. The van der Waals surface area contributed by atoms with Crippen molar-refractivity contribution in [3.63, 3.8) is 0 Å². The molecular formula is C23H28N4O2. The van der Waals surface area contributed by atoms with Crippen LogP contribution in [0.25, 0.3) is 0 Å². The van der Waals surface area contributed by atoms with Crippen molar-refractivity contribution in [2.45, 2.75) is 43.2 Å². The van der Waals surface area contributed by atoms with Crippen molar-refractivity contribution in [3.8, 4) is 0 Å². The Morgan fingerprint density at radius 1 is 1.00 bits per heavy atom. The van der Waals surface area contributed by atoms with Crippen molar-refractivity contribution in [2.24, 2.45) is 0 Å². The van der Waals surface area contributed by atoms with Crippen LogP contribution in [0.15, 0.2) is 54.7 Å². The lowest BCUT2D eigenvalue weighted by Gasteiger charge is -2.48. The Hall–Kier alpha value is -2.73. The molecule has 2 aliphatic rings. The molecule has 2 heterocycles. The molecule has 2 fully saturated rings. The van der Waals surface area contributed by atoms with Crippen molar-refractivity contribution in [3.05, 3.63) is 66.0 Å². The first-order valence-electron chi connectivity index (χ1n) is 10.2. The Morgan fingerprint density at radius 3 is 2.31 bits per heavy atom. The van der Waals surface area contributed by atoms with E-state index < -0.39 is 5.54 Å². The lowest BCUT2D eigenvalue weighted by molar-refractivity contribution is -0.133. The number of hydrogen-bond donors (Lipinski definition) is 1. The van der Waals surface area contributed by atoms with Crippen molar-refractivity contribution in [2.75, 3.05) is 20.6 Å². The largest absolute Gasteiger partial charge is 0.325 e. The summed E-state index contributed by atoms with van der Waals surface area (Å²) in [7, 11) is 4.19. The van der Waals surface area contributed by atoms with Crippen molar-refractivity contribution in [1.29, 1.82) is 0 Å². The molecule has 4 rings (SSSR count). The normalized spacial score (nSPS) is 26.9. The molecule has 1 aliphatic carbocycles. The van der Waals surface area contributed by atoms with Crippen LogP contribution < -0.4 is 5.32 Å². The van der Waals surface area contributed by atoms with Gasteiger partial charge >= 0.3 is 6.03 Å². The zero-order chi connectivity index (χ0) is 20.5. The van der Waals surface area contributed by atoms with Crippen LogP contribution in [-0.2, 0) is 16.8 Å². The molecule has 1 spiro atoms. The number of imide groups is 1. The molecule has 1 aliphatic heterocycles. The molecule has 0 radical (unpaired) electrons. The summed E-state index contributed by atoms with van der Waals surface area (Å²) in [6.07, 6.45) is 5.24. The second-order valence-electron chi connectivity index (χ2n) is 8.33. The lowest BCUT2D eigenvalue weighted by atomic mass is 9.68. The van der Waals surface area contributed by atoms with Crippen LogP contribution in [0.3, 0.4) is 0 Å². The summed E-state index contributed by atoms with van der Waals surface area (Å²) in [6.45, 7) is 0.362. The van der Waals surface area contributed by atoms with E-state index in [-0.39, 0.29) is 17.5 Å². The summed E-state index contributed by atoms with van der Waals surface area (Å²) in [5.41, 5.74) is 1.27. The molecule has 2 aromatic rings. The van der Waals surface area contributed by atoms with Gasteiger partial charge in [-0.3, -0.25) is 19.6 Å². The van der Waals surface area contributed by atoms with E-state index in [9.17, 15) is 9.59 Å². The maximum Gasteiger partial charge on any atom is 0.325 e. The average molecular weight is 393 g/mol. The third-order valence-electron chi connectivity index (χ3n) is 6.66. The molecule has 152 valence electrons. The molecule has 1 aromatic heterocycles. The van der Waals surface area contributed by atoms with E-state index in [1.807, 2.05) is 24.3 Å². The molecule has 1 aromatic carbocycles. The van der Waals surface area contributed by atoms with Gasteiger partial charge in [-0.2, -0.15) is 0 Å². The molecule has 0 bridgehead atoms. The zero-order valence-electron chi connectivity index (χ0n) is 17.1. The molecule has 29 heavy (non-hydrogen) atoms.